The summed E-state index contributed by atoms with van der Waals surface area (Å²) < 4.78 is 0. The van der Waals surface area contributed by atoms with Crippen LogP contribution >= 0.6 is 0 Å². The smallest absolute Gasteiger partial charge is 0.326 e. The fraction of sp³-hybridized carbons (Fsp3) is 0.571. The zero-order valence-corrected chi connectivity index (χ0v) is 20.0. The van der Waals surface area contributed by atoms with Crippen molar-refractivity contribution in [2.75, 3.05) is 0 Å². The highest BCUT2D eigenvalue weighted by Crippen LogP contribution is 2.10. The molecule has 1 heterocycles. The van der Waals surface area contributed by atoms with E-state index in [9.17, 15) is 33.9 Å². The number of amides is 4. The Hall–Kier alpha value is -4.01. The molecule has 1 rings (SSSR count). The van der Waals surface area contributed by atoms with Crippen molar-refractivity contribution < 1.29 is 39.0 Å². The van der Waals surface area contributed by atoms with Crippen molar-refractivity contribution >= 4 is 35.6 Å². The van der Waals surface area contributed by atoms with Crippen LogP contribution in [0.4, 0.5) is 0 Å². The topological polar surface area (TPSA) is 260 Å². The van der Waals surface area contributed by atoms with E-state index in [2.05, 4.69) is 25.9 Å². The van der Waals surface area contributed by atoms with Gasteiger partial charge in [0.05, 0.1) is 18.8 Å². The van der Waals surface area contributed by atoms with Crippen LogP contribution in [0.2, 0.25) is 0 Å². The molecule has 0 bridgehead atoms. The van der Waals surface area contributed by atoms with Gasteiger partial charge in [0, 0.05) is 24.7 Å². The SMILES string of the molecule is CCC(C)C(NC(=O)C(Cc1cnc[nH]1)NC(=O)C(N)CCC(=O)O)C(=O)NC(CC(N)=O)C(=O)O. The number of aromatic nitrogens is 2. The number of rotatable bonds is 16. The first-order chi connectivity index (χ1) is 16.8. The van der Waals surface area contributed by atoms with Crippen LogP contribution < -0.4 is 27.4 Å². The second-order valence-corrected chi connectivity index (χ2v) is 8.32. The molecule has 0 aliphatic rings. The molecule has 0 aromatic carbocycles. The molecular formula is C21H33N7O8. The van der Waals surface area contributed by atoms with Gasteiger partial charge in [0.15, 0.2) is 0 Å². The van der Waals surface area contributed by atoms with Gasteiger partial charge < -0.3 is 42.6 Å². The number of aromatic amines is 1. The Bertz CT molecular complexity index is 937. The predicted molar refractivity (Wildman–Crippen MR) is 124 cm³/mol. The number of carboxylic acid groups (broad SMARTS) is 2. The molecule has 0 aliphatic carbocycles. The molecule has 200 valence electrons. The lowest BCUT2D eigenvalue weighted by Gasteiger charge is -2.28. The van der Waals surface area contributed by atoms with Gasteiger partial charge in [0.1, 0.15) is 18.1 Å². The number of H-pyrrole nitrogens is 1. The predicted octanol–water partition coefficient (Wildman–Crippen LogP) is -2.40. The second-order valence-electron chi connectivity index (χ2n) is 8.32. The maximum Gasteiger partial charge on any atom is 0.326 e. The fourth-order valence-corrected chi connectivity index (χ4v) is 3.13. The minimum Gasteiger partial charge on any atom is -0.481 e. The molecule has 5 atom stereocenters. The van der Waals surface area contributed by atoms with Crippen LogP contribution in [0.15, 0.2) is 12.5 Å². The molecule has 0 saturated carbocycles. The molecule has 0 fully saturated rings. The fourth-order valence-electron chi connectivity index (χ4n) is 3.13. The summed E-state index contributed by atoms with van der Waals surface area (Å²) >= 11 is 0. The monoisotopic (exact) mass is 511 g/mol. The summed E-state index contributed by atoms with van der Waals surface area (Å²) in [4.78, 5) is 78.5. The van der Waals surface area contributed by atoms with Gasteiger partial charge in [-0.2, -0.15) is 0 Å². The highest BCUT2D eigenvalue weighted by Gasteiger charge is 2.33. The lowest BCUT2D eigenvalue weighted by Crippen LogP contribution is -2.59. The van der Waals surface area contributed by atoms with E-state index in [1.807, 2.05) is 0 Å². The molecule has 0 spiro atoms. The molecule has 1 aromatic rings. The number of hydrogen-bond donors (Lipinski definition) is 8. The van der Waals surface area contributed by atoms with E-state index >= 15 is 0 Å². The number of aliphatic carboxylic acids is 2. The summed E-state index contributed by atoms with van der Waals surface area (Å²) in [5.41, 5.74) is 11.3. The van der Waals surface area contributed by atoms with Crippen LogP contribution in [0.1, 0.15) is 45.2 Å². The van der Waals surface area contributed by atoms with Crippen molar-refractivity contribution in [3.05, 3.63) is 18.2 Å². The van der Waals surface area contributed by atoms with Crippen LogP contribution in [0.3, 0.4) is 0 Å². The molecular weight excluding hydrogens is 478 g/mol. The maximum atomic E-state index is 13.2. The Kier molecular flexibility index (Phi) is 12.0. The average molecular weight is 512 g/mol. The third kappa shape index (κ3) is 10.1. The number of hydrogen-bond acceptors (Lipinski definition) is 8. The van der Waals surface area contributed by atoms with Gasteiger partial charge in [-0.05, 0) is 12.3 Å². The van der Waals surface area contributed by atoms with Gasteiger partial charge in [-0.1, -0.05) is 20.3 Å². The van der Waals surface area contributed by atoms with Crippen molar-refractivity contribution in [2.45, 2.75) is 70.1 Å². The summed E-state index contributed by atoms with van der Waals surface area (Å²) in [7, 11) is 0. The van der Waals surface area contributed by atoms with Crippen LogP contribution in [0.5, 0.6) is 0 Å². The van der Waals surface area contributed by atoms with Crippen molar-refractivity contribution in [1.82, 2.24) is 25.9 Å². The Labute approximate surface area is 206 Å². The van der Waals surface area contributed by atoms with E-state index < -0.39 is 72.1 Å². The van der Waals surface area contributed by atoms with E-state index in [1.54, 1.807) is 13.8 Å². The Morgan fingerprint density at radius 3 is 2.17 bits per heavy atom. The lowest BCUT2D eigenvalue weighted by atomic mass is 9.97. The number of carbonyl (C=O) groups is 6. The number of nitrogens with two attached hydrogens (primary N) is 2. The summed E-state index contributed by atoms with van der Waals surface area (Å²) in [6.45, 7) is 3.40. The molecule has 4 amide bonds. The number of nitrogens with one attached hydrogen (secondary N) is 4. The van der Waals surface area contributed by atoms with Gasteiger partial charge in [0.2, 0.25) is 23.6 Å². The van der Waals surface area contributed by atoms with Crippen LogP contribution in [0.25, 0.3) is 0 Å². The Morgan fingerprint density at radius 1 is 1.03 bits per heavy atom. The second kappa shape index (κ2) is 14.4. The van der Waals surface area contributed by atoms with Gasteiger partial charge >= 0.3 is 11.9 Å². The molecule has 15 nitrogen and oxygen atoms in total. The van der Waals surface area contributed by atoms with Crippen molar-refractivity contribution in [2.24, 2.45) is 17.4 Å². The number of primary amides is 1. The Balaban J connectivity index is 3.07. The van der Waals surface area contributed by atoms with E-state index in [0.717, 1.165) is 0 Å². The third-order valence-corrected chi connectivity index (χ3v) is 5.43. The normalized spacial score (nSPS) is 15.0. The quantitative estimate of drug-likeness (QED) is 0.117. The zero-order chi connectivity index (χ0) is 27.4. The first kappa shape index (κ1) is 30.0. The van der Waals surface area contributed by atoms with Crippen LogP contribution in [-0.2, 0) is 35.2 Å². The lowest BCUT2D eigenvalue weighted by molar-refractivity contribution is -0.144. The van der Waals surface area contributed by atoms with Gasteiger partial charge in [-0.3, -0.25) is 24.0 Å². The molecule has 36 heavy (non-hydrogen) atoms. The van der Waals surface area contributed by atoms with Gasteiger partial charge in [-0.15, -0.1) is 0 Å². The largest absolute Gasteiger partial charge is 0.481 e. The van der Waals surface area contributed by atoms with Gasteiger partial charge in [-0.25, -0.2) is 9.78 Å². The van der Waals surface area contributed by atoms with E-state index in [0.29, 0.717) is 12.1 Å². The molecule has 5 unspecified atom stereocenters. The highest BCUT2D eigenvalue weighted by atomic mass is 16.4. The van der Waals surface area contributed by atoms with Crippen molar-refractivity contribution in [3.8, 4) is 0 Å². The number of carboxylic acids is 2. The standard InChI is InChI=1S/C21H33N7O8/c1-3-10(2)17(20(34)27-14(21(35)36)7-15(23)29)28-19(33)13(6-11-8-24-9-25-11)26-18(32)12(22)4-5-16(30)31/h8-10,12-14,17H,3-7,22H2,1-2H3,(H2,23,29)(H,24,25)(H,26,32)(H,27,34)(H,28,33)(H,30,31)(H,35,36). The van der Waals surface area contributed by atoms with E-state index in [-0.39, 0.29) is 19.3 Å². The van der Waals surface area contributed by atoms with Crippen molar-refractivity contribution in [1.29, 1.82) is 0 Å². The number of imidazole rings is 1. The summed E-state index contributed by atoms with van der Waals surface area (Å²) in [6.07, 6.45) is 2.00. The minimum atomic E-state index is -1.59. The number of carbonyl (C=O) groups excluding carboxylic acids is 4. The summed E-state index contributed by atoms with van der Waals surface area (Å²) in [6, 6.07) is -5.23. The highest BCUT2D eigenvalue weighted by molar-refractivity contribution is 5.95. The first-order valence-corrected chi connectivity index (χ1v) is 11.2. The Morgan fingerprint density at radius 2 is 1.67 bits per heavy atom. The molecule has 1 aromatic heterocycles. The number of nitrogens with zero attached hydrogens (tertiary/aromatic N) is 1. The minimum absolute atomic E-state index is 0.0580. The van der Waals surface area contributed by atoms with Crippen LogP contribution in [0, 0.1) is 5.92 Å². The summed E-state index contributed by atoms with van der Waals surface area (Å²) in [5, 5.41) is 25.3. The first-order valence-electron chi connectivity index (χ1n) is 11.2. The molecule has 0 saturated heterocycles. The molecule has 15 heteroatoms. The summed E-state index contributed by atoms with van der Waals surface area (Å²) in [5.74, 6) is -6.40. The van der Waals surface area contributed by atoms with E-state index in [4.69, 9.17) is 16.6 Å². The molecule has 0 aliphatic heterocycles. The molecule has 0 radical (unpaired) electrons. The molecule has 10 N–H and O–H groups in total. The van der Waals surface area contributed by atoms with Crippen molar-refractivity contribution in [3.63, 3.8) is 0 Å². The average Bonchev–Trinajstić information content (AvgIpc) is 3.31. The maximum absolute atomic E-state index is 13.2. The van der Waals surface area contributed by atoms with Gasteiger partial charge in [0.25, 0.3) is 0 Å². The van der Waals surface area contributed by atoms with Crippen LogP contribution in [-0.4, -0.2) is 79.9 Å². The zero-order valence-electron chi connectivity index (χ0n) is 20.0. The third-order valence-electron chi connectivity index (χ3n) is 5.43. The van der Waals surface area contributed by atoms with E-state index in [1.165, 1.54) is 12.5 Å².